The Morgan fingerprint density at radius 3 is 2.56 bits per heavy atom. The first-order valence-electron chi connectivity index (χ1n) is 10.5. The Bertz CT molecular complexity index is 1170. The molecule has 0 atom stereocenters. The van der Waals surface area contributed by atoms with Gasteiger partial charge in [0.15, 0.2) is 23.8 Å². The molecule has 9 nitrogen and oxygen atoms in total. The maximum atomic E-state index is 12.9. The van der Waals surface area contributed by atoms with E-state index >= 15 is 0 Å². The number of carbonyl (C=O) groups excluding carboxylic acids is 2. The fourth-order valence-electron chi connectivity index (χ4n) is 3.41. The number of esters is 2. The summed E-state index contributed by atoms with van der Waals surface area (Å²) in [5.41, 5.74) is 2.11. The monoisotopic (exact) mass is 439 g/mol. The van der Waals surface area contributed by atoms with Gasteiger partial charge in [0.05, 0.1) is 28.9 Å². The molecule has 0 saturated carbocycles. The Hall–Kier alpha value is -3.62. The van der Waals surface area contributed by atoms with Crippen LogP contribution < -0.4 is 9.47 Å². The van der Waals surface area contributed by atoms with Crippen LogP contribution >= 0.6 is 0 Å². The molecule has 0 N–H and O–H groups in total. The molecule has 2 aromatic heterocycles. The smallest absolute Gasteiger partial charge is 0.344 e. The average Bonchev–Trinajstić information content (AvgIpc) is 3.20. The van der Waals surface area contributed by atoms with Gasteiger partial charge in [-0.1, -0.05) is 0 Å². The molecule has 1 aromatic carbocycles. The normalized spacial score (nSPS) is 12.9. The number of aromatic nitrogens is 3. The van der Waals surface area contributed by atoms with Gasteiger partial charge in [0.2, 0.25) is 0 Å². The number of fused-ring (bicyclic) bond motifs is 2. The standard InChI is InChI=1S/C23H25N3O6/c1-13(2)26-22-17(11-24-26)16(23(28)31-12-21(27)32-14(3)4)10-18(25-22)15-5-6-19-20(9-15)30-8-7-29-19/h5-6,9-11,13-14H,7-8,12H2,1-4H3. The summed E-state index contributed by atoms with van der Waals surface area (Å²) in [6, 6.07) is 7.16. The van der Waals surface area contributed by atoms with Gasteiger partial charge in [-0.3, -0.25) is 0 Å². The van der Waals surface area contributed by atoms with E-state index in [-0.39, 0.29) is 17.7 Å². The lowest BCUT2D eigenvalue weighted by atomic mass is 10.1. The van der Waals surface area contributed by atoms with Crippen molar-refractivity contribution < 1.29 is 28.5 Å². The number of benzene rings is 1. The minimum Gasteiger partial charge on any atom is -0.486 e. The second-order valence-electron chi connectivity index (χ2n) is 7.95. The van der Waals surface area contributed by atoms with Crippen LogP contribution in [0.15, 0.2) is 30.5 Å². The van der Waals surface area contributed by atoms with Crippen LogP contribution in [0.1, 0.15) is 44.1 Å². The fraction of sp³-hybridized carbons (Fsp3) is 0.391. The minimum atomic E-state index is -0.653. The van der Waals surface area contributed by atoms with Gasteiger partial charge in [-0.25, -0.2) is 19.3 Å². The molecule has 0 aliphatic carbocycles. The topological polar surface area (TPSA) is 102 Å². The van der Waals surface area contributed by atoms with Gasteiger partial charge in [0.25, 0.3) is 0 Å². The van der Waals surface area contributed by atoms with E-state index in [1.165, 1.54) is 0 Å². The summed E-state index contributed by atoms with van der Waals surface area (Å²) in [7, 11) is 0. The van der Waals surface area contributed by atoms with E-state index < -0.39 is 18.5 Å². The lowest BCUT2D eigenvalue weighted by molar-refractivity contribution is -0.150. The minimum absolute atomic E-state index is 0.0282. The summed E-state index contributed by atoms with van der Waals surface area (Å²) in [4.78, 5) is 29.5. The molecular weight excluding hydrogens is 414 g/mol. The Morgan fingerprint density at radius 2 is 1.84 bits per heavy atom. The third-order valence-electron chi connectivity index (χ3n) is 4.80. The molecule has 168 valence electrons. The summed E-state index contributed by atoms with van der Waals surface area (Å²) < 4.78 is 23.3. The molecule has 1 aliphatic heterocycles. The van der Waals surface area contributed by atoms with Crippen LogP contribution in [0.5, 0.6) is 11.5 Å². The highest BCUT2D eigenvalue weighted by molar-refractivity contribution is 6.04. The Morgan fingerprint density at radius 1 is 1.09 bits per heavy atom. The number of carbonyl (C=O) groups is 2. The van der Waals surface area contributed by atoms with Crippen molar-refractivity contribution in [1.29, 1.82) is 0 Å². The van der Waals surface area contributed by atoms with Crippen molar-refractivity contribution in [2.24, 2.45) is 0 Å². The van der Waals surface area contributed by atoms with Gasteiger partial charge in [0, 0.05) is 11.6 Å². The van der Waals surface area contributed by atoms with Crippen LogP contribution in [0.25, 0.3) is 22.3 Å². The molecule has 0 fully saturated rings. The van der Waals surface area contributed by atoms with Crippen LogP contribution in [-0.2, 0) is 14.3 Å². The Kier molecular flexibility index (Phi) is 5.98. The van der Waals surface area contributed by atoms with Crippen molar-refractivity contribution in [2.75, 3.05) is 19.8 Å². The van der Waals surface area contributed by atoms with E-state index in [2.05, 4.69) is 5.10 Å². The fourth-order valence-corrected chi connectivity index (χ4v) is 3.41. The van der Waals surface area contributed by atoms with Crippen molar-refractivity contribution in [1.82, 2.24) is 14.8 Å². The molecule has 4 rings (SSSR count). The summed E-state index contributed by atoms with van der Waals surface area (Å²) in [6.45, 7) is 7.90. The van der Waals surface area contributed by atoms with Crippen LogP contribution in [0.3, 0.4) is 0 Å². The largest absolute Gasteiger partial charge is 0.486 e. The van der Waals surface area contributed by atoms with Gasteiger partial charge >= 0.3 is 11.9 Å². The molecule has 0 unspecified atom stereocenters. The molecule has 3 aromatic rings. The number of hydrogen-bond donors (Lipinski definition) is 0. The highest BCUT2D eigenvalue weighted by atomic mass is 16.6. The Labute approximate surface area is 185 Å². The van der Waals surface area contributed by atoms with Crippen LogP contribution in [0.4, 0.5) is 0 Å². The summed E-state index contributed by atoms with van der Waals surface area (Å²) >= 11 is 0. The van der Waals surface area contributed by atoms with Crippen molar-refractivity contribution in [3.8, 4) is 22.8 Å². The van der Waals surface area contributed by atoms with Crippen LogP contribution in [-0.4, -0.2) is 52.6 Å². The summed E-state index contributed by atoms with van der Waals surface area (Å²) in [6.07, 6.45) is 1.29. The SMILES string of the molecule is CC(C)OC(=O)COC(=O)c1cc(-c2ccc3c(c2)OCCO3)nc2c1cnn2C(C)C. The van der Waals surface area contributed by atoms with Crippen LogP contribution in [0, 0.1) is 0 Å². The third-order valence-corrected chi connectivity index (χ3v) is 4.80. The predicted molar refractivity (Wildman–Crippen MR) is 116 cm³/mol. The average molecular weight is 439 g/mol. The van der Waals surface area contributed by atoms with E-state index in [1.807, 2.05) is 32.0 Å². The second kappa shape index (κ2) is 8.86. The number of rotatable bonds is 6. The lowest BCUT2D eigenvalue weighted by Gasteiger charge is -2.19. The van der Waals surface area contributed by atoms with Crippen LogP contribution in [0.2, 0.25) is 0 Å². The molecule has 9 heteroatoms. The quantitative estimate of drug-likeness (QED) is 0.537. The molecule has 0 amide bonds. The van der Waals surface area contributed by atoms with Gasteiger partial charge < -0.3 is 18.9 Å². The molecule has 0 radical (unpaired) electrons. The highest BCUT2D eigenvalue weighted by Crippen LogP contribution is 2.35. The first-order chi connectivity index (χ1) is 15.3. The van der Waals surface area contributed by atoms with E-state index in [1.54, 1.807) is 30.8 Å². The molecule has 32 heavy (non-hydrogen) atoms. The van der Waals surface area contributed by atoms with E-state index in [0.717, 1.165) is 5.56 Å². The van der Waals surface area contributed by atoms with Gasteiger partial charge in [-0.15, -0.1) is 0 Å². The van der Waals surface area contributed by atoms with E-state index in [9.17, 15) is 9.59 Å². The lowest BCUT2D eigenvalue weighted by Crippen LogP contribution is -2.20. The summed E-state index contributed by atoms with van der Waals surface area (Å²) in [5.74, 6) is 0.0222. The van der Waals surface area contributed by atoms with Gasteiger partial charge in [-0.05, 0) is 52.0 Å². The molecule has 1 aliphatic rings. The number of ether oxygens (including phenoxy) is 4. The number of hydrogen-bond acceptors (Lipinski definition) is 8. The molecule has 3 heterocycles. The molecule has 0 spiro atoms. The van der Waals surface area contributed by atoms with Crippen molar-refractivity contribution in [2.45, 2.75) is 39.8 Å². The third kappa shape index (κ3) is 4.37. The first-order valence-corrected chi connectivity index (χ1v) is 10.5. The zero-order valence-corrected chi connectivity index (χ0v) is 18.5. The zero-order valence-electron chi connectivity index (χ0n) is 18.5. The Balaban J connectivity index is 1.73. The number of nitrogens with zero attached hydrogens (tertiary/aromatic N) is 3. The second-order valence-corrected chi connectivity index (χ2v) is 7.95. The van der Waals surface area contributed by atoms with Gasteiger partial charge in [0.1, 0.15) is 13.2 Å². The maximum absolute atomic E-state index is 12.9. The van der Waals surface area contributed by atoms with Crippen molar-refractivity contribution in [3.05, 3.63) is 36.0 Å². The highest BCUT2D eigenvalue weighted by Gasteiger charge is 2.22. The summed E-state index contributed by atoms with van der Waals surface area (Å²) in [5, 5.41) is 4.93. The van der Waals surface area contributed by atoms with E-state index in [4.69, 9.17) is 23.9 Å². The predicted octanol–water partition coefficient (Wildman–Crippen LogP) is 3.56. The number of pyridine rings is 1. The van der Waals surface area contributed by atoms with Gasteiger partial charge in [-0.2, -0.15) is 5.10 Å². The zero-order chi connectivity index (χ0) is 22.8. The first kappa shape index (κ1) is 21.6. The molecule has 0 saturated heterocycles. The molecule has 0 bridgehead atoms. The molecular formula is C23H25N3O6. The van der Waals surface area contributed by atoms with Crippen molar-refractivity contribution >= 4 is 23.0 Å². The van der Waals surface area contributed by atoms with E-state index in [0.29, 0.717) is 41.4 Å². The van der Waals surface area contributed by atoms with Crippen molar-refractivity contribution in [3.63, 3.8) is 0 Å². The maximum Gasteiger partial charge on any atom is 0.344 e.